The largest absolute Gasteiger partial charge is 0.411 e. The van der Waals surface area contributed by atoms with Gasteiger partial charge in [0, 0.05) is 30.7 Å². The summed E-state index contributed by atoms with van der Waals surface area (Å²) in [6.07, 6.45) is 0.642. The number of imide groups is 1. The highest BCUT2D eigenvalue weighted by Crippen LogP contribution is 2.24. The molecular weight excluding hydrogens is 302 g/mol. The molecule has 0 spiro atoms. The van der Waals surface area contributed by atoms with Crippen LogP contribution in [-0.2, 0) is 9.59 Å². The van der Waals surface area contributed by atoms with Gasteiger partial charge in [-0.25, -0.2) is 0 Å². The van der Waals surface area contributed by atoms with Crippen LogP contribution in [0.4, 0.5) is 0 Å². The molecule has 1 saturated heterocycles. The van der Waals surface area contributed by atoms with E-state index in [-0.39, 0.29) is 11.8 Å². The van der Waals surface area contributed by atoms with Crippen molar-refractivity contribution in [2.45, 2.75) is 25.0 Å². The molecule has 6 nitrogen and oxygen atoms in total. The Bertz CT molecular complexity index is 698. The quantitative estimate of drug-likeness (QED) is 0.622. The smallest absolute Gasteiger partial charge is 0.276 e. The van der Waals surface area contributed by atoms with Crippen molar-refractivity contribution < 1.29 is 14.0 Å². The number of aryl methyl sites for hydroxylation is 1. The van der Waals surface area contributed by atoms with Gasteiger partial charge in [0.05, 0.1) is 0 Å². The standard InChI is InChI=1S/C15H15N3O3S/c1-10-3-2-4-11(9-10)14-16-17-15(21-14)22-8-7-18-12(19)5-6-13(18)20/h2-4,9H,5-8H2,1H3. The Morgan fingerprint density at radius 2 is 2.00 bits per heavy atom. The van der Waals surface area contributed by atoms with Gasteiger partial charge in [-0.05, 0) is 19.1 Å². The molecule has 0 N–H and O–H groups in total. The Morgan fingerprint density at radius 3 is 2.73 bits per heavy atom. The van der Waals surface area contributed by atoms with E-state index in [4.69, 9.17) is 4.42 Å². The molecule has 114 valence electrons. The molecule has 0 bridgehead atoms. The van der Waals surface area contributed by atoms with Crippen molar-refractivity contribution >= 4 is 23.6 Å². The Kier molecular flexibility index (Phi) is 4.24. The number of rotatable bonds is 5. The topological polar surface area (TPSA) is 76.3 Å². The summed E-state index contributed by atoms with van der Waals surface area (Å²) in [7, 11) is 0. The van der Waals surface area contributed by atoms with E-state index in [0.29, 0.717) is 36.3 Å². The van der Waals surface area contributed by atoms with Crippen LogP contribution in [0, 0.1) is 6.92 Å². The number of hydrogen-bond donors (Lipinski definition) is 0. The lowest BCUT2D eigenvalue weighted by molar-refractivity contribution is -0.137. The lowest BCUT2D eigenvalue weighted by Crippen LogP contribution is -2.31. The van der Waals surface area contributed by atoms with Crippen molar-refractivity contribution in [1.82, 2.24) is 15.1 Å². The molecule has 0 unspecified atom stereocenters. The van der Waals surface area contributed by atoms with Gasteiger partial charge < -0.3 is 4.42 Å². The lowest BCUT2D eigenvalue weighted by Gasteiger charge is -2.11. The molecule has 0 radical (unpaired) electrons. The molecule has 0 aliphatic carbocycles. The Morgan fingerprint density at radius 1 is 1.23 bits per heavy atom. The van der Waals surface area contributed by atoms with E-state index < -0.39 is 0 Å². The molecule has 1 aromatic carbocycles. The van der Waals surface area contributed by atoms with Gasteiger partial charge in [-0.2, -0.15) is 0 Å². The molecule has 2 aromatic rings. The van der Waals surface area contributed by atoms with Crippen molar-refractivity contribution in [3.63, 3.8) is 0 Å². The van der Waals surface area contributed by atoms with Crippen LogP contribution in [0.15, 0.2) is 33.9 Å². The number of amides is 2. The predicted octanol–water partition coefficient (Wildman–Crippen LogP) is 2.29. The molecule has 3 rings (SSSR count). The number of carbonyl (C=O) groups is 2. The zero-order chi connectivity index (χ0) is 15.5. The van der Waals surface area contributed by atoms with Crippen molar-refractivity contribution in [2.75, 3.05) is 12.3 Å². The van der Waals surface area contributed by atoms with Crippen LogP contribution in [0.2, 0.25) is 0 Å². The van der Waals surface area contributed by atoms with Crippen LogP contribution in [0.25, 0.3) is 11.5 Å². The third kappa shape index (κ3) is 3.19. The van der Waals surface area contributed by atoms with Gasteiger partial charge in [-0.3, -0.25) is 14.5 Å². The van der Waals surface area contributed by atoms with Crippen LogP contribution in [0.3, 0.4) is 0 Å². The molecule has 1 fully saturated rings. The van der Waals surface area contributed by atoms with E-state index in [1.54, 1.807) is 0 Å². The maximum atomic E-state index is 11.5. The summed E-state index contributed by atoms with van der Waals surface area (Å²) in [4.78, 5) is 24.3. The van der Waals surface area contributed by atoms with E-state index >= 15 is 0 Å². The number of aromatic nitrogens is 2. The monoisotopic (exact) mass is 317 g/mol. The zero-order valence-corrected chi connectivity index (χ0v) is 12.9. The Balaban J connectivity index is 1.58. The molecule has 0 atom stereocenters. The maximum Gasteiger partial charge on any atom is 0.276 e. The van der Waals surface area contributed by atoms with E-state index in [2.05, 4.69) is 10.2 Å². The number of carbonyl (C=O) groups excluding carboxylic acids is 2. The van der Waals surface area contributed by atoms with Crippen LogP contribution < -0.4 is 0 Å². The molecule has 2 amide bonds. The van der Waals surface area contributed by atoms with E-state index in [1.165, 1.54) is 16.7 Å². The fourth-order valence-corrected chi connectivity index (χ4v) is 2.94. The molecule has 2 heterocycles. The summed E-state index contributed by atoms with van der Waals surface area (Å²) in [5.41, 5.74) is 2.00. The number of benzene rings is 1. The van der Waals surface area contributed by atoms with E-state index in [9.17, 15) is 9.59 Å². The Hall–Kier alpha value is -2.15. The predicted molar refractivity (Wildman–Crippen MR) is 81.1 cm³/mol. The molecule has 1 aliphatic heterocycles. The maximum absolute atomic E-state index is 11.5. The minimum atomic E-state index is -0.100. The normalized spacial score (nSPS) is 14.9. The minimum absolute atomic E-state index is 0.100. The van der Waals surface area contributed by atoms with Crippen molar-refractivity contribution in [1.29, 1.82) is 0 Å². The van der Waals surface area contributed by atoms with Gasteiger partial charge >= 0.3 is 0 Å². The number of thioether (sulfide) groups is 1. The van der Waals surface area contributed by atoms with Crippen molar-refractivity contribution in [3.8, 4) is 11.5 Å². The number of nitrogens with zero attached hydrogens (tertiary/aromatic N) is 3. The fourth-order valence-electron chi connectivity index (χ4n) is 2.26. The highest BCUT2D eigenvalue weighted by molar-refractivity contribution is 7.99. The molecule has 22 heavy (non-hydrogen) atoms. The average Bonchev–Trinajstić information content (AvgIpc) is 3.09. The summed E-state index contributed by atoms with van der Waals surface area (Å²) in [5, 5.41) is 8.45. The van der Waals surface area contributed by atoms with E-state index in [1.807, 2.05) is 31.2 Å². The summed E-state index contributed by atoms with van der Waals surface area (Å²) >= 11 is 1.34. The summed E-state index contributed by atoms with van der Waals surface area (Å²) in [6, 6.07) is 7.83. The van der Waals surface area contributed by atoms with Gasteiger partial charge in [-0.15, -0.1) is 10.2 Å². The highest BCUT2D eigenvalue weighted by atomic mass is 32.2. The first-order valence-electron chi connectivity index (χ1n) is 7.00. The van der Waals surface area contributed by atoms with Crippen LogP contribution in [0.5, 0.6) is 0 Å². The van der Waals surface area contributed by atoms with Crippen LogP contribution in [0.1, 0.15) is 18.4 Å². The van der Waals surface area contributed by atoms with Gasteiger partial charge in [0.25, 0.3) is 5.22 Å². The van der Waals surface area contributed by atoms with Crippen LogP contribution >= 0.6 is 11.8 Å². The summed E-state index contributed by atoms with van der Waals surface area (Å²) in [6.45, 7) is 2.38. The third-order valence-corrected chi connectivity index (χ3v) is 4.17. The van der Waals surface area contributed by atoms with Crippen molar-refractivity contribution in [2.24, 2.45) is 0 Å². The summed E-state index contributed by atoms with van der Waals surface area (Å²) in [5.74, 6) is 0.820. The molecular formula is C15H15N3O3S. The average molecular weight is 317 g/mol. The molecule has 1 aromatic heterocycles. The second kappa shape index (κ2) is 6.31. The first-order chi connectivity index (χ1) is 10.6. The van der Waals surface area contributed by atoms with Gasteiger partial charge in [0.15, 0.2) is 0 Å². The first kappa shape index (κ1) is 14.8. The SMILES string of the molecule is Cc1cccc(-c2nnc(SCCN3C(=O)CCC3=O)o2)c1. The second-order valence-electron chi connectivity index (χ2n) is 5.03. The minimum Gasteiger partial charge on any atom is -0.411 e. The molecule has 0 saturated carbocycles. The zero-order valence-electron chi connectivity index (χ0n) is 12.1. The van der Waals surface area contributed by atoms with Gasteiger partial charge in [0.2, 0.25) is 17.7 Å². The molecule has 7 heteroatoms. The summed E-state index contributed by atoms with van der Waals surface area (Å²) < 4.78 is 5.60. The second-order valence-corrected chi connectivity index (χ2v) is 6.08. The highest BCUT2D eigenvalue weighted by Gasteiger charge is 2.28. The number of hydrogen-bond acceptors (Lipinski definition) is 6. The third-order valence-electron chi connectivity index (χ3n) is 3.37. The van der Waals surface area contributed by atoms with Crippen molar-refractivity contribution in [3.05, 3.63) is 29.8 Å². The van der Waals surface area contributed by atoms with Crippen LogP contribution in [-0.4, -0.2) is 39.2 Å². The van der Waals surface area contributed by atoms with Gasteiger partial charge in [-0.1, -0.05) is 29.5 Å². The van der Waals surface area contributed by atoms with E-state index in [0.717, 1.165) is 11.1 Å². The molecule has 1 aliphatic rings. The lowest BCUT2D eigenvalue weighted by atomic mass is 10.1. The Labute approximate surface area is 131 Å². The van der Waals surface area contributed by atoms with Gasteiger partial charge in [0.1, 0.15) is 0 Å². The first-order valence-corrected chi connectivity index (χ1v) is 7.98. The number of likely N-dealkylation sites (tertiary alicyclic amines) is 1. The fraction of sp³-hybridized carbons (Fsp3) is 0.333.